The van der Waals surface area contributed by atoms with E-state index in [2.05, 4.69) is 5.32 Å². The summed E-state index contributed by atoms with van der Waals surface area (Å²) < 4.78 is 5.09. The quantitative estimate of drug-likeness (QED) is 0.783. The lowest BCUT2D eigenvalue weighted by Crippen LogP contribution is -2.47. The van der Waals surface area contributed by atoms with Crippen LogP contribution in [0.25, 0.3) is 0 Å². The lowest BCUT2D eigenvalue weighted by molar-refractivity contribution is -0.132. The number of urea groups is 1. The van der Waals surface area contributed by atoms with Gasteiger partial charge in [-0.3, -0.25) is 9.69 Å². The second-order valence-electron chi connectivity index (χ2n) is 4.00. The van der Waals surface area contributed by atoms with Crippen LogP contribution in [0.5, 0.6) is 0 Å². The topological polar surface area (TPSA) is 58.6 Å². The molecule has 0 unspecified atom stereocenters. The number of nitrogens with zero attached hydrogens (tertiary/aromatic N) is 1. The van der Waals surface area contributed by atoms with E-state index in [-0.39, 0.29) is 12.5 Å². The van der Waals surface area contributed by atoms with E-state index in [0.29, 0.717) is 0 Å². The number of carbonyl (C=O) groups excluding carboxylic acids is 2. The summed E-state index contributed by atoms with van der Waals surface area (Å²) in [5, 5.41) is 2.70. The molecule has 17 heavy (non-hydrogen) atoms. The van der Waals surface area contributed by atoms with Crippen molar-refractivity contribution in [2.75, 3.05) is 20.8 Å². The minimum atomic E-state index is -1.10. The molecule has 1 heterocycles. The van der Waals surface area contributed by atoms with E-state index < -0.39 is 11.6 Å². The highest BCUT2D eigenvalue weighted by Crippen LogP contribution is 2.28. The van der Waals surface area contributed by atoms with Crippen LogP contribution in [0.1, 0.15) is 5.56 Å². The predicted octanol–water partition coefficient (Wildman–Crippen LogP) is 0.710. The fourth-order valence-corrected chi connectivity index (χ4v) is 2.01. The fourth-order valence-electron chi connectivity index (χ4n) is 2.01. The molecule has 1 N–H and O–H groups in total. The van der Waals surface area contributed by atoms with Gasteiger partial charge in [-0.05, 0) is 5.56 Å². The maximum absolute atomic E-state index is 12.2. The van der Waals surface area contributed by atoms with E-state index in [1.807, 2.05) is 18.2 Å². The van der Waals surface area contributed by atoms with E-state index in [1.165, 1.54) is 14.2 Å². The first-order valence-electron chi connectivity index (χ1n) is 5.26. The first-order valence-corrected chi connectivity index (χ1v) is 5.26. The molecule has 0 aliphatic carbocycles. The van der Waals surface area contributed by atoms with Crippen molar-refractivity contribution >= 4 is 11.9 Å². The van der Waals surface area contributed by atoms with E-state index in [0.717, 1.165) is 10.5 Å². The number of rotatable bonds is 3. The maximum atomic E-state index is 12.2. The summed E-state index contributed by atoms with van der Waals surface area (Å²) in [5.41, 5.74) is -0.369. The Hall–Kier alpha value is -1.88. The minimum absolute atomic E-state index is 0.117. The number of imide groups is 1. The number of nitrogens with one attached hydrogen (secondary N) is 1. The van der Waals surface area contributed by atoms with Crippen molar-refractivity contribution in [3.63, 3.8) is 0 Å². The molecule has 0 saturated carbocycles. The van der Waals surface area contributed by atoms with Gasteiger partial charge in [0.25, 0.3) is 5.91 Å². The summed E-state index contributed by atoms with van der Waals surface area (Å²) in [6.45, 7) is 0.117. The van der Waals surface area contributed by atoms with Crippen LogP contribution in [0.4, 0.5) is 4.79 Å². The molecule has 5 heteroatoms. The molecular weight excluding hydrogens is 220 g/mol. The Morgan fingerprint density at radius 3 is 2.41 bits per heavy atom. The highest BCUT2D eigenvalue weighted by Gasteiger charge is 2.51. The van der Waals surface area contributed by atoms with Gasteiger partial charge in [0, 0.05) is 14.2 Å². The number of carbonyl (C=O) groups is 2. The smallest absolute Gasteiger partial charge is 0.325 e. The van der Waals surface area contributed by atoms with Gasteiger partial charge in [0.05, 0.1) is 6.61 Å². The third-order valence-electron chi connectivity index (χ3n) is 2.92. The van der Waals surface area contributed by atoms with E-state index in [1.54, 1.807) is 12.1 Å². The Balaban J connectivity index is 2.48. The number of ether oxygens (including phenoxy) is 1. The van der Waals surface area contributed by atoms with Gasteiger partial charge in [-0.2, -0.15) is 0 Å². The van der Waals surface area contributed by atoms with Crippen LogP contribution in [0.3, 0.4) is 0 Å². The second kappa shape index (κ2) is 4.18. The molecule has 0 radical (unpaired) electrons. The summed E-state index contributed by atoms with van der Waals surface area (Å²) in [4.78, 5) is 24.9. The first kappa shape index (κ1) is 11.6. The van der Waals surface area contributed by atoms with Crippen LogP contribution in [-0.2, 0) is 15.1 Å². The summed E-state index contributed by atoms with van der Waals surface area (Å²) in [6.07, 6.45) is 0. The van der Waals surface area contributed by atoms with Crippen LogP contribution < -0.4 is 5.32 Å². The van der Waals surface area contributed by atoms with Crippen LogP contribution in [0.15, 0.2) is 30.3 Å². The van der Waals surface area contributed by atoms with Gasteiger partial charge in [0.1, 0.15) is 0 Å². The molecule has 1 aromatic rings. The van der Waals surface area contributed by atoms with Gasteiger partial charge < -0.3 is 10.1 Å². The lowest BCUT2D eigenvalue weighted by Gasteiger charge is -2.25. The normalized spacial score (nSPS) is 24.0. The van der Waals surface area contributed by atoms with Crippen molar-refractivity contribution in [1.29, 1.82) is 0 Å². The number of likely N-dealkylation sites (N-methyl/N-ethyl adjacent to an activating group) is 1. The third kappa shape index (κ3) is 1.68. The SMILES string of the molecule is COC[C@@]1(c2ccccc2)NC(=O)N(C)C1=O. The molecule has 5 nitrogen and oxygen atoms in total. The molecule has 2 rings (SSSR count). The Labute approximate surface area is 99.4 Å². The van der Waals surface area contributed by atoms with Crippen molar-refractivity contribution in [2.24, 2.45) is 0 Å². The Bertz CT molecular complexity index is 446. The van der Waals surface area contributed by atoms with Crippen LogP contribution in [0.2, 0.25) is 0 Å². The van der Waals surface area contributed by atoms with Crippen molar-refractivity contribution < 1.29 is 14.3 Å². The molecular formula is C12H14N2O3. The summed E-state index contributed by atoms with van der Waals surface area (Å²) in [5.74, 6) is -0.296. The highest BCUT2D eigenvalue weighted by atomic mass is 16.5. The van der Waals surface area contributed by atoms with Gasteiger partial charge in [-0.15, -0.1) is 0 Å². The number of hydrogen-bond donors (Lipinski definition) is 1. The standard InChI is InChI=1S/C12H14N2O3/c1-14-10(15)12(8-17-2,13-11(14)16)9-6-4-3-5-7-9/h3-7H,8H2,1-2H3,(H,13,16)/t12-/m0/s1. The highest BCUT2D eigenvalue weighted by molar-refractivity contribution is 6.07. The largest absolute Gasteiger partial charge is 0.381 e. The maximum Gasteiger partial charge on any atom is 0.325 e. The molecule has 0 spiro atoms. The zero-order valence-electron chi connectivity index (χ0n) is 9.77. The minimum Gasteiger partial charge on any atom is -0.381 e. The average Bonchev–Trinajstić information content (AvgIpc) is 2.57. The predicted molar refractivity (Wildman–Crippen MR) is 61.3 cm³/mol. The zero-order chi connectivity index (χ0) is 12.5. The second-order valence-corrected chi connectivity index (χ2v) is 4.00. The van der Waals surface area contributed by atoms with Crippen LogP contribution in [-0.4, -0.2) is 37.6 Å². The molecule has 1 aromatic carbocycles. The Morgan fingerprint density at radius 2 is 1.94 bits per heavy atom. The number of amides is 3. The lowest BCUT2D eigenvalue weighted by atomic mass is 9.91. The summed E-state index contributed by atoms with van der Waals surface area (Å²) >= 11 is 0. The fraction of sp³-hybridized carbons (Fsp3) is 0.333. The third-order valence-corrected chi connectivity index (χ3v) is 2.92. The monoisotopic (exact) mass is 234 g/mol. The van der Waals surface area contributed by atoms with Crippen molar-refractivity contribution in [3.05, 3.63) is 35.9 Å². The van der Waals surface area contributed by atoms with Gasteiger partial charge in [0.15, 0.2) is 5.54 Å². The van der Waals surface area contributed by atoms with Crippen LogP contribution in [0, 0.1) is 0 Å². The van der Waals surface area contributed by atoms with Crippen LogP contribution >= 0.6 is 0 Å². The van der Waals surface area contributed by atoms with Gasteiger partial charge in [-0.25, -0.2) is 4.79 Å². The van der Waals surface area contributed by atoms with Gasteiger partial charge in [0.2, 0.25) is 0 Å². The van der Waals surface area contributed by atoms with E-state index in [9.17, 15) is 9.59 Å². The molecule has 1 fully saturated rings. The molecule has 1 atom stereocenters. The number of methoxy groups -OCH3 is 1. The summed E-state index contributed by atoms with van der Waals surface area (Å²) in [6, 6.07) is 8.70. The van der Waals surface area contributed by atoms with Crippen molar-refractivity contribution in [1.82, 2.24) is 10.2 Å². The molecule has 1 aliphatic rings. The number of hydrogen-bond acceptors (Lipinski definition) is 3. The molecule has 3 amide bonds. The molecule has 1 aliphatic heterocycles. The molecule has 1 saturated heterocycles. The van der Waals surface area contributed by atoms with Gasteiger partial charge in [-0.1, -0.05) is 30.3 Å². The van der Waals surface area contributed by atoms with E-state index in [4.69, 9.17) is 4.74 Å². The molecule has 0 bridgehead atoms. The average molecular weight is 234 g/mol. The van der Waals surface area contributed by atoms with E-state index >= 15 is 0 Å². The molecule has 0 aromatic heterocycles. The summed E-state index contributed by atoms with van der Waals surface area (Å²) in [7, 11) is 2.96. The Kier molecular flexibility index (Phi) is 2.85. The van der Waals surface area contributed by atoms with Crippen molar-refractivity contribution in [2.45, 2.75) is 5.54 Å². The number of benzene rings is 1. The zero-order valence-corrected chi connectivity index (χ0v) is 9.77. The molecule has 90 valence electrons. The van der Waals surface area contributed by atoms with Crippen molar-refractivity contribution in [3.8, 4) is 0 Å². The van der Waals surface area contributed by atoms with Gasteiger partial charge >= 0.3 is 6.03 Å². The first-order chi connectivity index (χ1) is 8.12. The Morgan fingerprint density at radius 1 is 1.29 bits per heavy atom.